The van der Waals surface area contributed by atoms with Gasteiger partial charge < -0.3 is 4.74 Å². The summed E-state index contributed by atoms with van der Waals surface area (Å²) in [7, 11) is 1.63. The van der Waals surface area contributed by atoms with Crippen LogP contribution in [-0.2, 0) is 0 Å². The van der Waals surface area contributed by atoms with Gasteiger partial charge in [0.15, 0.2) is 5.78 Å². The molecule has 0 N–H and O–H groups in total. The summed E-state index contributed by atoms with van der Waals surface area (Å²) in [4.78, 5) is 13.1. The van der Waals surface area contributed by atoms with E-state index in [2.05, 4.69) is 6.92 Å². The molecule has 0 radical (unpaired) electrons. The molecule has 2 unspecified atom stereocenters. The van der Waals surface area contributed by atoms with E-state index in [-0.39, 0.29) is 5.92 Å². The van der Waals surface area contributed by atoms with Gasteiger partial charge in [0.2, 0.25) is 0 Å². The van der Waals surface area contributed by atoms with Crippen molar-refractivity contribution >= 4 is 17.1 Å². The Morgan fingerprint density at radius 2 is 2.31 bits per heavy atom. The molecule has 0 spiro atoms. The summed E-state index contributed by atoms with van der Waals surface area (Å²) >= 11 is 1.50. The summed E-state index contributed by atoms with van der Waals surface area (Å²) in [5.41, 5.74) is 0. The highest BCUT2D eigenvalue weighted by molar-refractivity contribution is 7.12. The molecule has 88 valence electrons. The van der Waals surface area contributed by atoms with Gasteiger partial charge in [-0.2, -0.15) is 0 Å². The molecule has 2 nitrogen and oxygen atoms in total. The van der Waals surface area contributed by atoms with Crippen LogP contribution in [0.5, 0.6) is 5.75 Å². The molecule has 2 rings (SSSR count). The Kier molecular flexibility index (Phi) is 3.64. The lowest BCUT2D eigenvalue weighted by atomic mass is 9.80. The standard InChI is InChI=1S/C13H18O2S/c1-9-4-3-5-10(8-9)12(14)13-11(15-2)6-7-16-13/h6-7,9-10H,3-5,8H2,1-2H3. The van der Waals surface area contributed by atoms with Crippen LogP contribution in [0, 0.1) is 11.8 Å². The smallest absolute Gasteiger partial charge is 0.179 e. The van der Waals surface area contributed by atoms with Crippen molar-refractivity contribution in [1.82, 2.24) is 0 Å². The van der Waals surface area contributed by atoms with Crippen molar-refractivity contribution in [2.75, 3.05) is 7.11 Å². The highest BCUT2D eigenvalue weighted by Crippen LogP contribution is 2.35. The lowest BCUT2D eigenvalue weighted by Gasteiger charge is -2.25. The molecule has 0 bridgehead atoms. The lowest BCUT2D eigenvalue weighted by Crippen LogP contribution is -2.21. The fraction of sp³-hybridized carbons (Fsp3) is 0.615. The molecule has 0 aliphatic heterocycles. The minimum atomic E-state index is 0.219. The molecule has 1 aliphatic rings. The normalized spacial score (nSPS) is 25.4. The van der Waals surface area contributed by atoms with E-state index in [1.807, 2.05) is 11.4 Å². The van der Waals surface area contributed by atoms with Gasteiger partial charge in [-0.15, -0.1) is 11.3 Å². The lowest BCUT2D eigenvalue weighted by molar-refractivity contribution is 0.0870. The van der Waals surface area contributed by atoms with Gasteiger partial charge in [0.1, 0.15) is 10.6 Å². The zero-order valence-electron chi connectivity index (χ0n) is 9.86. The van der Waals surface area contributed by atoms with Crippen LogP contribution in [0.15, 0.2) is 11.4 Å². The second kappa shape index (κ2) is 5.00. The van der Waals surface area contributed by atoms with E-state index in [4.69, 9.17) is 4.74 Å². The first-order valence-electron chi connectivity index (χ1n) is 5.88. The Balaban J connectivity index is 2.12. The summed E-state index contributed by atoms with van der Waals surface area (Å²) in [6.07, 6.45) is 4.54. The summed E-state index contributed by atoms with van der Waals surface area (Å²) < 4.78 is 5.21. The zero-order chi connectivity index (χ0) is 11.5. The molecule has 1 aromatic heterocycles. The Labute approximate surface area is 101 Å². The Morgan fingerprint density at radius 1 is 1.50 bits per heavy atom. The molecular formula is C13H18O2S. The SMILES string of the molecule is COc1ccsc1C(=O)C1CCCC(C)C1. The molecule has 1 heterocycles. The third-order valence-electron chi connectivity index (χ3n) is 3.38. The zero-order valence-corrected chi connectivity index (χ0v) is 10.7. The van der Waals surface area contributed by atoms with Crippen LogP contribution in [0.1, 0.15) is 42.3 Å². The summed E-state index contributed by atoms with van der Waals surface area (Å²) in [5.74, 6) is 1.94. The molecule has 3 heteroatoms. The maximum Gasteiger partial charge on any atom is 0.179 e. The Bertz CT molecular complexity index is 370. The number of Topliss-reactive ketones (excluding diaryl/α,β-unsaturated/α-hetero) is 1. The maximum atomic E-state index is 12.3. The third kappa shape index (κ3) is 2.29. The summed E-state index contributed by atoms with van der Waals surface area (Å²) in [6.45, 7) is 2.24. The quantitative estimate of drug-likeness (QED) is 0.749. The number of rotatable bonds is 3. The molecule has 1 aromatic rings. The van der Waals surface area contributed by atoms with Gasteiger partial charge in [0.05, 0.1) is 7.11 Å². The van der Waals surface area contributed by atoms with Gasteiger partial charge in [-0.05, 0) is 30.2 Å². The number of ether oxygens (including phenoxy) is 1. The first-order valence-corrected chi connectivity index (χ1v) is 6.76. The fourth-order valence-corrected chi connectivity index (χ4v) is 3.37. The highest BCUT2D eigenvalue weighted by atomic mass is 32.1. The molecular weight excluding hydrogens is 220 g/mol. The number of hydrogen-bond acceptors (Lipinski definition) is 3. The summed E-state index contributed by atoms with van der Waals surface area (Å²) in [6, 6.07) is 1.88. The largest absolute Gasteiger partial charge is 0.495 e. The van der Waals surface area contributed by atoms with Gasteiger partial charge in [0, 0.05) is 5.92 Å². The highest BCUT2D eigenvalue weighted by Gasteiger charge is 2.28. The van der Waals surface area contributed by atoms with Crippen LogP contribution in [0.2, 0.25) is 0 Å². The van der Waals surface area contributed by atoms with Crippen LogP contribution >= 0.6 is 11.3 Å². The first-order chi connectivity index (χ1) is 7.72. The molecule has 0 amide bonds. The number of thiophene rings is 1. The van der Waals surface area contributed by atoms with E-state index in [1.165, 1.54) is 24.2 Å². The van der Waals surface area contributed by atoms with Crippen LogP contribution < -0.4 is 4.74 Å². The molecule has 1 aliphatic carbocycles. The predicted molar refractivity (Wildman–Crippen MR) is 66.3 cm³/mol. The maximum absolute atomic E-state index is 12.3. The van der Waals surface area contributed by atoms with E-state index in [0.717, 1.165) is 23.5 Å². The third-order valence-corrected chi connectivity index (χ3v) is 4.29. The van der Waals surface area contributed by atoms with Crippen molar-refractivity contribution in [3.63, 3.8) is 0 Å². The van der Waals surface area contributed by atoms with E-state index in [1.54, 1.807) is 7.11 Å². The summed E-state index contributed by atoms with van der Waals surface area (Å²) in [5, 5.41) is 1.93. The van der Waals surface area contributed by atoms with Crippen molar-refractivity contribution in [3.05, 3.63) is 16.3 Å². The molecule has 16 heavy (non-hydrogen) atoms. The average molecular weight is 238 g/mol. The number of ketones is 1. The number of carbonyl (C=O) groups excluding carboxylic acids is 1. The van der Waals surface area contributed by atoms with Gasteiger partial charge in [-0.1, -0.05) is 19.8 Å². The van der Waals surface area contributed by atoms with E-state index < -0.39 is 0 Å². The van der Waals surface area contributed by atoms with Crippen LogP contribution in [0.4, 0.5) is 0 Å². The monoisotopic (exact) mass is 238 g/mol. The number of methoxy groups -OCH3 is 1. The van der Waals surface area contributed by atoms with Crippen LogP contribution in [0.25, 0.3) is 0 Å². The van der Waals surface area contributed by atoms with Crippen molar-refractivity contribution in [1.29, 1.82) is 0 Å². The topological polar surface area (TPSA) is 26.3 Å². The molecule has 1 saturated carbocycles. The van der Waals surface area contributed by atoms with Crippen molar-refractivity contribution in [3.8, 4) is 5.75 Å². The molecule has 1 fully saturated rings. The first kappa shape index (κ1) is 11.6. The number of carbonyl (C=O) groups is 1. The predicted octanol–water partition coefficient (Wildman–Crippen LogP) is 3.77. The van der Waals surface area contributed by atoms with Crippen LogP contribution in [-0.4, -0.2) is 12.9 Å². The molecule has 2 atom stereocenters. The van der Waals surface area contributed by atoms with E-state index in [9.17, 15) is 4.79 Å². The minimum Gasteiger partial charge on any atom is -0.495 e. The van der Waals surface area contributed by atoms with Gasteiger partial charge in [-0.25, -0.2) is 0 Å². The van der Waals surface area contributed by atoms with Gasteiger partial charge >= 0.3 is 0 Å². The molecule has 0 aromatic carbocycles. The van der Waals surface area contributed by atoms with E-state index in [0.29, 0.717) is 11.7 Å². The average Bonchev–Trinajstić information content (AvgIpc) is 2.76. The van der Waals surface area contributed by atoms with E-state index >= 15 is 0 Å². The van der Waals surface area contributed by atoms with Gasteiger partial charge in [0.25, 0.3) is 0 Å². The Morgan fingerprint density at radius 3 is 3.00 bits per heavy atom. The second-order valence-corrected chi connectivity index (χ2v) is 5.57. The molecule has 0 saturated heterocycles. The second-order valence-electron chi connectivity index (χ2n) is 4.65. The van der Waals surface area contributed by atoms with Crippen molar-refractivity contribution in [2.24, 2.45) is 11.8 Å². The van der Waals surface area contributed by atoms with Crippen molar-refractivity contribution < 1.29 is 9.53 Å². The van der Waals surface area contributed by atoms with Crippen molar-refractivity contribution in [2.45, 2.75) is 32.6 Å². The fourth-order valence-electron chi connectivity index (χ4n) is 2.50. The Hall–Kier alpha value is -0.830. The minimum absolute atomic E-state index is 0.219. The van der Waals surface area contributed by atoms with Gasteiger partial charge in [-0.3, -0.25) is 4.79 Å². The number of hydrogen-bond donors (Lipinski definition) is 0. The van der Waals surface area contributed by atoms with Crippen LogP contribution in [0.3, 0.4) is 0 Å².